The van der Waals surface area contributed by atoms with Crippen molar-refractivity contribution < 1.29 is 27.1 Å². The molecule has 3 rings (SSSR count). The monoisotopic (exact) mass is 384 g/mol. The summed E-state index contributed by atoms with van der Waals surface area (Å²) in [6, 6.07) is 5.10. The number of hydrogen-bond donors (Lipinski definition) is 2. The Morgan fingerprint density at radius 1 is 1.33 bits per heavy atom. The summed E-state index contributed by atoms with van der Waals surface area (Å²) in [5, 5.41) is 4.90. The fourth-order valence-corrected chi connectivity index (χ4v) is 2.63. The first-order valence-corrected chi connectivity index (χ1v) is 8.19. The highest BCUT2D eigenvalue weighted by Gasteiger charge is 2.38. The third kappa shape index (κ3) is 4.91. The molecule has 1 aromatic carbocycles. The number of alkyl halides is 3. The first-order valence-electron chi connectivity index (χ1n) is 8.19. The minimum atomic E-state index is -4.86. The van der Waals surface area contributed by atoms with Gasteiger partial charge in [-0.15, -0.1) is 0 Å². The lowest BCUT2D eigenvalue weighted by molar-refractivity contribution is -0.141. The number of rotatable bonds is 5. The Labute approximate surface area is 152 Å². The Morgan fingerprint density at radius 3 is 2.81 bits per heavy atom. The third-order valence-electron chi connectivity index (χ3n) is 3.90. The lowest BCUT2D eigenvalue weighted by Crippen LogP contribution is -2.33. The average Bonchev–Trinajstić information content (AvgIpc) is 3.12. The molecule has 1 fully saturated rings. The van der Waals surface area contributed by atoms with Gasteiger partial charge >= 0.3 is 6.18 Å². The Hall–Kier alpha value is -2.75. The van der Waals surface area contributed by atoms with Gasteiger partial charge in [0.1, 0.15) is 5.82 Å². The van der Waals surface area contributed by atoms with E-state index >= 15 is 0 Å². The molecule has 6 nitrogen and oxygen atoms in total. The van der Waals surface area contributed by atoms with Gasteiger partial charge in [-0.3, -0.25) is 4.79 Å². The summed E-state index contributed by atoms with van der Waals surface area (Å²) in [6.45, 7) is 0.678. The standard InChI is InChI=1S/C17H16F4N4O2/c18-10-3-1-4-11(7-10)24-16-23-9-13(14(25-16)17(19,20)21)15(26)22-8-12-5-2-6-27-12/h1,3-4,7,9,12H,2,5-6,8H2,(H,22,26)(H,23,24,25). The molecule has 1 amide bonds. The van der Waals surface area contributed by atoms with Crippen LogP contribution in [-0.2, 0) is 10.9 Å². The van der Waals surface area contributed by atoms with E-state index in [-0.39, 0.29) is 18.3 Å². The molecule has 0 aliphatic carbocycles. The van der Waals surface area contributed by atoms with Gasteiger partial charge in [-0.05, 0) is 31.0 Å². The summed E-state index contributed by atoms with van der Waals surface area (Å²) < 4.78 is 58.6. The molecule has 1 aromatic heterocycles. The number of amides is 1. The third-order valence-corrected chi connectivity index (χ3v) is 3.90. The summed E-state index contributed by atoms with van der Waals surface area (Å²) in [6.07, 6.45) is -2.70. The van der Waals surface area contributed by atoms with E-state index in [2.05, 4.69) is 20.6 Å². The molecule has 27 heavy (non-hydrogen) atoms. The Morgan fingerprint density at radius 2 is 2.15 bits per heavy atom. The summed E-state index contributed by atoms with van der Waals surface area (Å²) in [7, 11) is 0. The quantitative estimate of drug-likeness (QED) is 0.774. The molecule has 1 aliphatic rings. The molecule has 0 bridgehead atoms. The van der Waals surface area contributed by atoms with E-state index in [4.69, 9.17) is 4.74 Å². The Kier molecular flexibility index (Phi) is 5.54. The predicted molar refractivity (Wildman–Crippen MR) is 88.0 cm³/mol. The molecule has 1 aliphatic heterocycles. The number of halogens is 4. The summed E-state index contributed by atoms with van der Waals surface area (Å²) in [5.41, 5.74) is -1.88. The van der Waals surface area contributed by atoms with Crippen LogP contribution in [0.2, 0.25) is 0 Å². The molecule has 1 unspecified atom stereocenters. The maximum atomic E-state index is 13.4. The van der Waals surface area contributed by atoms with Crippen LogP contribution in [-0.4, -0.2) is 35.1 Å². The molecular formula is C17H16F4N4O2. The first-order chi connectivity index (χ1) is 12.8. The van der Waals surface area contributed by atoms with Crippen LogP contribution in [0.5, 0.6) is 0 Å². The van der Waals surface area contributed by atoms with Crippen molar-refractivity contribution in [2.75, 3.05) is 18.5 Å². The van der Waals surface area contributed by atoms with Crippen LogP contribution in [0.25, 0.3) is 0 Å². The number of ether oxygens (including phenoxy) is 1. The van der Waals surface area contributed by atoms with E-state index in [1.54, 1.807) is 0 Å². The summed E-state index contributed by atoms with van der Waals surface area (Å²) >= 11 is 0. The van der Waals surface area contributed by atoms with Crippen LogP contribution in [0.1, 0.15) is 28.9 Å². The second-order valence-electron chi connectivity index (χ2n) is 5.93. The van der Waals surface area contributed by atoms with Gasteiger partial charge in [0, 0.05) is 25.0 Å². The van der Waals surface area contributed by atoms with Crippen LogP contribution in [0.4, 0.5) is 29.2 Å². The van der Waals surface area contributed by atoms with Crippen molar-refractivity contribution in [3.05, 3.63) is 47.5 Å². The molecular weight excluding hydrogens is 368 g/mol. The molecule has 1 saturated heterocycles. The minimum Gasteiger partial charge on any atom is -0.376 e. The Balaban J connectivity index is 1.80. The van der Waals surface area contributed by atoms with Gasteiger partial charge in [-0.2, -0.15) is 13.2 Å². The number of carbonyl (C=O) groups is 1. The zero-order valence-electron chi connectivity index (χ0n) is 14.0. The largest absolute Gasteiger partial charge is 0.434 e. The van der Waals surface area contributed by atoms with E-state index in [0.29, 0.717) is 6.61 Å². The number of benzene rings is 1. The van der Waals surface area contributed by atoms with Crippen molar-refractivity contribution in [2.24, 2.45) is 0 Å². The first kappa shape index (κ1) is 19.0. The topological polar surface area (TPSA) is 76.1 Å². The van der Waals surface area contributed by atoms with Crippen LogP contribution < -0.4 is 10.6 Å². The van der Waals surface area contributed by atoms with Crippen LogP contribution >= 0.6 is 0 Å². The van der Waals surface area contributed by atoms with E-state index in [9.17, 15) is 22.4 Å². The highest BCUT2D eigenvalue weighted by Crippen LogP contribution is 2.31. The van der Waals surface area contributed by atoms with Gasteiger partial charge < -0.3 is 15.4 Å². The highest BCUT2D eigenvalue weighted by molar-refractivity contribution is 5.95. The van der Waals surface area contributed by atoms with Gasteiger partial charge in [0.2, 0.25) is 5.95 Å². The number of anilines is 2. The SMILES string of the molecule is O=C(NCC1CCCO1)c1cnc(Nc2cccc(F)c2)nc1C(F)(F)F. The fourth-order valence-electron chi connectivity index (χ4n) is 2.63. The van der Waals surface area contributed by atoms with Crippen molar-refractivity contribution in [1.29, 1.82) is 0 Å². The smallest absolute Gasteiger partial charge is 0.376 e. The highest BCUT2D eigenvalue weighted by atomic mass is 19.4. The van der Waals surface area contributed by atoms with Crippen molar-refractivity contribution in [3.8, 4) is 0 Å². The number of carbonyl (C=O) groups excluding carboxylic acids is 1. The second-order valence-corrected chi connectivity index (χ2v) is 5.93. The lowest BCUT2D eigenvalue weighted by atomic mass is 10.2. The zero-order chi connectivity index (χ0) is 19.4. The van der Waals surface area contributed by atoms with Crippen LogP contribution in [0.3, 0.4) is 0 Å². The average molecular weight is 384 g/mol. The minimum absolute atomic E-state index is 0.111. The molecule has 10 heteroatoms. The van der Waals surface area contributed by atoms with Crippen molar-refractivity contribution in [2.45, 2.75) is 25.1 Å². The number of aromatic nitrogens is 2. The van der Waals surface area contributed by atoms with Crippen molar-refractivity contribution in [3.63, 3.8) is 0 Å². The molecule has 2 heterocycles. The number of nitrogens with zero attached hydrogens (tertiary/aromatic N) is 2. The van der Waals surface area contributed by atoms with Gasteiger partial charge in [-0.1, -0.05) is 6.07 Å². The maximum absolute atomic E-state index is 13.4. The molecule has 0 saturated carbocycles. The molecule has 144 valence electrons. The Bertz CT molecular complexity index is 823. The van der Waals surface area contributed by atoms with E-state index in [1.807, 2.05) is 0 Å². The van der Waals surface area contributed by atoms with E-state index in [0.717, 1.165) is 25.1 Å². The van der Waals surface area contributed by atoms with E-state index < -0.39 is 35.1 Å². The van der Waals surface area contributed by atoms with Crippen LogP contribution in [0.15, 0.2) is 30.5 Å². The predicted octanol–water partition coefficient (Wildman–Crippen LogP) is 3.29. The zero-order valence-corrected chi connectivity index (χ0v) is 14.0. The fraction of sp³-hybridized carbons (Fsp3) is 0.353. The molecule has 1 atom stereocenters. The van der Waals surface area contributed by atoms with Gasteiger partial charge in [0.15, 0.2) is 5.69 Å². The molecule has 0 radical (unpaired) electrons. The molecule has 2 N–H and O–H groups in total. The van der Waals surface area contributed by atoms with Crippen LogP contribution in [0, 0.1) is 5.82 Å². The van der Waals surface area contributed by atoms with Gasteiger partial charge in [0.25, 0.3) is 5.91 Å². The van der Waals surface area contributed by atoms with Crippen molar-refractivity contribution >= 4 is 17.5 Å². The van der Waals surface area contributed by atoms with Gasteiger partial charge in [0.05, 0.1) is 11.7 Å². The normalized spacial score (nSPS) is 17.0. The maximum Gasteiger partial charge on any atom is 0.434 e. The second kappa shape index (κ2) is 7.87. The number of nitrogens with one attached hydrogen (secondary N) is 2. The molecule has 0 spiro atoms. The van der Waals surface area contributed by atoms with Gasteiger partial charge in [-0.25, -0.2) is 14.4 Å². The summed E-state index contributed by atoms with van der Waals surface area (Å²) in [4.78, 5) is 19.3. The number of hydrogen-bond acceptors (Lipinski definition) is 5. The molecule has 2 aromatic rings. The lowest BCUT2D eigenvalue weighted by Gasteiger charge is -2.15. The summed E-state index contributed by atoms with van der Waals surface area (Å²) in [5.74, 6) is -1.90. The van der Waals surface area contributed by atoms with E-state index in [1.165, 1.54) is 18.2 Å². The van der Waals surface area contributed by atoms with Crippen molar-refractivity contribution in [1.82, 2.24) is 15.3 Å².